The molecule has 3 rings (SSSR count). The Morgan fingerprint density at radius 2 is 1.78 bits per heavy atom. The van der Waals surface area contributed by atoms with Gasteiger partial charge in [-0.2, -0.15) is 13.2 Å². The maximum atomic E-state index is 12.9. The van der Waals surface area contributed by atoms with Crippen LogP contribution in [0.3, 0.4) is 0 Å². The van der Waals surface area contributed by atoms with Crippen molar-refractivity contribution in [2.45, 2.75) is 45.4 Å². The summed E-state index contributed by atoms with van der Waals surface area (Å²) in [6.07, 6.45) is -2.92. The molecule has 1 aromatic heterocycles. The molecule has 1 heterocycles. The molecule has 0 saturated heterocycles. The van der Waals surface area contributed by atoms with E-state index in [1.54, 1.807) is 12.1 Å². The molecule has 1 N–H and O–H groups in total. The van der Waals surface area contributed by atoms with Gasteiger partial charge in [0.05, 0.1) is 24.0 Å². The first kappa shape index (κ1) is 27.3. The zero-order chi connectivity index (χ0) is 26.3. The van der Waals surface area contributed by atoms with Gasteiger partial charge in [-0.25, -0.2) is 0 Å². The van der Waals surface area contributed by atoms with Gasteiger partial charge in [0.1, 0.15) is 11.9 Å². The van der Waals surface area contributed by atoms with Crippen molar-refractivity contribution in [3.8, 4) is 16.9 Å². The molecule has 0 radical (unpaired) electrons. The van der Waals surface area contributed by atoms with E-state index >= 15 is 0 Å². The van der Waals surface area contributed by atoms with E-state index in [1.807, 2.05) is 32.0 Å². The summed E-state index contributed by atoms with van der Waals surface area (Å²) in [7, 11) is 1.30. The Hall–Kier alpha value is -3.33. The zero-order valence-corrected chi connectivity index (χ0v) is 21.1. The first-order valence-corrected chi connectivity index (χ1v) is 12.3. The molecule has 9 heteroatoms. The van der Waals surface area contributed by atoms with E-state index in [1.165, 1.54) is 30.6 Å². The lowest BCUT2D eigenvalue weighted by Crippen LogP contribution is -2.25. The smallest absolute Gasteiger partial charge is 0.416 e. The highest BCUT2D eigenvalue weighted by Crippen LogP contribution is 2.35. The molecular formula is C27H28F3NO4S. The molecule has 192 valence electrons. The number of benzene rings is 2. The van der Waals surface area contributed by atoms with Gasteiger partial charge < -0.3 is 14.8 Å². The van der Waals surface area contributed by atoms with Crippen LogP contribution in [0.25, 0.3) is 11.1 Å². The SMILES string of the molecule is CCC[C@@H](Oc1ccc(-c2ccc(C(F)(F)F)cc2)c(C)c1)c1ccc(C(=O)NCCC(=O)OC)s1. The fourth-order valence-electron chi connectivity index (χ4n) is 3.67. The van der Waals surface area contributed by atoms with Crippen molar-refractivity contribution in [1.29, 1.82) is 0 Å². The monoisotopic (exact) mass is 519 g/mol. The largest absolute Gasteiger partial charge is 0.485 e. The van der Waals surface area contributed by atoms with Crippen LogP contribution in [0.15, 0.2) is 54.6 Å². The van der Waals surface area contributed by atoms with Gasteiger partial charge in [-0.05, 0) is 66.4 Å². The van der Waals surface area contributed by atoms with Crippen molar-refractivity contribution in [2.24, 2.45) is 0 Å². The second-order valence-corrected chi connectivity index (χ2v) is 9.35. The minimum Gasteiger partial charge on any atom is -0.485 e. The summed E-state index contributed by atoms with van der Waals surface area (Å²) in [6.45, 7) is 4.12. The summed E-state index contributed by atoms with van der Waals surface area (Å²) in [5.74, 6) is -0.0144. The fraction of sp³-hybridized carbons (Fsp3) is 0.333. The number of hydrogen-bond acceptors (Lipinski definition) is 5. The topological polar surface area (TPSA) is 64.6 Å². The van der Waals surface area contributed by atoms with Gasteiger partial charge in [-0.15, -0.1) is 11.3 Å². The number of aryl methyl sites for hydroxylation is 1. The first-order valence-electron chi connectivity index (χ1n) is 11.5. The predicted molar refractivity (Wildman–Crippen MR) is 133 cm³/mol. The van der Waals surface area contributed by atoms with Gasteiger partial charge in [0.2, 0.25) is 0 Å². The molecule has 0 spiro atoms. The Labute approximate surface area is 212 Å². The number of thiophene rings is 1. The number of hydrogen-bond donors (Lipinski definition) is 1. The first-order chi connectivity index (χ1) is 17.1. The normalized spacial score (nSPS) is 12.2. The summed E-state index contributed by atoms with van der Waals surface area (Å²) >= 11 is 1.34. The van der Waals surface area contributed by atoms with Crippen molar-refractivity contribution in [3.63, 3.8) is 0 Å². The molecular weight excluding hydrogens is 491 g/mol. The number of esters is 1. The Morgan fingerprint density at radius 1 is 1.06 bits per heavy atom. The van der Waals surface area contributed by atoms with Crippen LogP contribution in [0.2, 0.25) is 0 Å². The summed E-state index contributed by atoms with van der Waals surface area (Å²) in [5, 5.41) is 2.71. The molecule has 1 amide bonds. The number of alkyl halides is 3. The third kappa shape index (κ3) is 7.10. The number of nitrogens with one attached hydrogen (secondary N) is 1. The minimum atomic E-state index is -4.37. The van der Waals surface area contributed by atoms with Crippen LogP contribution in [0, 0.1) is 6.92 Å². The molecule has 0 aliphatic rings. The van der Waals surface area contributed by atoms with E-state index in [9.17, 15) is 22.8 Å². The molecule has 0 bridgehead atoms. The number of rotatable bonds is 10. The highest BCUT2D eigenvalue weighted by Gasteiger charge is 2.30. The molecule has 1 atom stereocenters. The summed E-state index contributed by atoms with van der Waals surface area (Å²) < 4.78 is 49.4. The fourth-order valence-corrected chi connectivity index (χ4v) is 4.66. The van der Waals surface area contributed by atoms with Gasteiger partial charge in [-0.1, -0.05) is 31.5 Å². The van der Waals surface area contributed by atoms with Gasteiger partial charge in [0.15, 0.2) is 0 Å². The van der Waals surface area contributed by atoms with Crippen LogP contribution in [0.4, 0.5) is 13.2 Å². The highest BCUT2D eigenvalue weighted by atomic mass is 32.1. The molecule has 0 unspecified atom stereocenters. The standard InChI is InChI=1S/C27H28F3NO4S/c1-4-5-22(23-12-13-24(36-23)26(33)31-15-14-25(32)34-3)35-20-10-11-21(17(2)16-20)18-6-8-19(9-7-18)27(28,29)30/h6-13,16,22H,4-5,14-15H2,1-3H3,(H,31,33)/t22-/m1/s1. The maximum Gasteiger partial charge on any atom is 0.416 e. The average Bonchev–Trinajstić information content (AvgIpc) is 3.34. The van der Waals surface area contributed by atoms with Crippen molar-refractivity contribution in [1.82, 2.24) is 5.32 Å². The van der Waals surface area contributed by atoms with Crippen LogP contribution in [-0.2, 0) is 15.7 Å². The lowest BCUT2D eigenvalue weighted by Gasteiger charge is -2.19. The molecule has 0 aliphatic heterocycles. The van der Waals surface area contributed by atoms with Crippen LogP contribution >= 0.6 is 11.3 Å². The van der Waals surface area contributed by atoms with Crippen molar-refractivity contribution in [2.75, 3.05) is 13.7 Å². The number of ether oxygens (including phenoxy) is 2. The molecule has 5 nitrogen and oxygen atoms in total. The van der Waals surface area contributed by atoms with Crippen LogP contribution in [0.1, 0.15) is 58.0 Å². The third-order valence-electron chi connectivity index (χ3n) is 5.56. The quantitative estimate of drug-likeness (QED) is 0.294. The van der Waals surface area contributed by atoms with E-state index in [0.717, 1.165) is 41.0 Å². The second-order valence-electron chi connectivity index (χ2n) is 8.23. The number of carbonyl (C=O) groups excluding carboxylic acids is 2. The molecule has 0 fully saturated rings. The van der Waals surface area contributed by atoms with Gasteiger partial charge in [-0.3, -0.25) is 9.59 Å². The lowest BCUT2D eigenvalue weighted by molar-refractivity contribution is -0.140. The molecule has 0 aliphatic carbocycles. The molecule has 36 heavy (non-hydrogen) atoms. The van der Waals surface area contributed by atoms with E-state index in [-0.39, 0.29) is 25.0 Å². The Kier molecular flexibility index (Phi) is 9.14. The van der Waals surface area contributed by atoms with E-state index in [4.69, 9.17) is 4.74 Å². The summed E-state index contributed by atoms with van der Waals surface area (Å²) in [5.41, 5.74) is 1.71. The number of halogens is 3. The number of amides is 1. The van der Waals surface area contributed by atoms with Crippen LogP contribution in [0.5, 0.6) is 5.75 Å². The Bertz CT molecular complexity index is 1190. The Morgan fingerprint density at radius 3 is 2.39 bits per heavy atom. The molecule has 2 aromatic carbocycles. The van der Waals surface area contributed by atoms with E-state index in [0.29, 0.717) is 16.2 Å². The predicted octanol–water partition coefficient (Wildman–Crippen LogP) is 6.96. The van der Waals surface area contributed by atoms with Crippen LogP contribution < -0.4 is 10.1 Å². The van der Waals surface area contributed by atoms with Crippen molar-refractivity contribution in [3.05, 3.63) is 75.5 Å². The minimum absolute atomic E-state index is 0.101. The number of methoxy groups -OCH3 is 1. The van der Waals surface area contributed by atoms with Gasteiger partial charge in [0, 0.05) is 11.4 Å². The lowest BCUT2D eigenvalue weighted by atomic mass is 9.99. The highest BCUT2D eigenvalue weighted by molar-refractivity contribution is 7.14. The molecule has 0 saturated carbocycles. The van der Waals surface area contributed by atoms with Crippen LogP contribution in [-0.4, -0.2) is 25.5 Å². The van der Waals surface area contributed by atoms with Crippen molar-refractivity contribution < 1.29 is 32.2 Å². The van der Waals surface area contributed by atoms with E-state index in [2.05, 4.69) is 10.1 Å². The van der Waals surface area contributed by atoms with Crippen molar-refractivity contribution >= 4 is 23.2 Å². The molecule has 3 aromatic rings. The van der Waals surface area contributed by atoms with Gasteiger partial charge >= 0.3 is 12.1 Å². The van der Waals surface area contributed by atoms with Gasteiger partial charge in [0.25, 0.3) is 5.91 Å². The zero-order valence-electron chi connectivity index (χ0n) is 20.3. The second kappa shape index (κ2) is 12.1. The summed E-state index contributed by atoms with van der Waals surface area (Å²) in [4.78, 5) is 25.0. The summed E-state index contributed by atoms with van der Waals surface area (Å²) in [6, 6.07) is 14.2. The Balaban J connectivity index is 1.71. The third-order valence-corrected chi connectivity index (χ3v) is 6.74. The number of carbonyl (C=O) groups is 2. The van der Waals surface area contributed by atoms with E-state index < -0.39 is 17.7 Å². The maximum absolute atomic E-state index is 12.9. The average molecular weight is 520 g/mol.